The van der Waals surface area contributed by atoms with Crippen molar-refractivity contribution < 1.29 is 8.42 Å². The molecule has 0 atom stereocenters. The predicted octanol–water partition coefficient (Wildman–Crippen LogP) is 0.971. The van der Waals surface area contributed by atoms with Gasteiger partial charge in [-0.05, 0) is 19.1 Å². The van der Waals surface area contributed by atoms with Gasteiger partial charge in [-0.3, -0.25) is 0 Å². The Kier molecular flexibility index (Phi) is 3.02. The SMILES string of the molecule is C/C=N/NS(=O)(=O)c1ccccc1. The molecule has 70 valence electrons. The third kappa shape index (κ3) is 2.55. The number of nitrogens with zero attached hydrogens (tertiary/aromatic N) is 1. The van der Waals surface area contributed by atoms with Crippen LogP contribution in [0.2, 0.25) is 0 Å². The second-order valence-electron chi connectivity index (χ2n) is 2.30. The zero-order chi connectivity index (χ0) is 9.73. The summed E-state index contributed by atoms with van der Waals surface area (Å²) >= 11 is 0. The van der Waals surface area contributed by atoms with Crippen molar-refractivity contribution >= 4 is 16.2 Å². The molecule has 1 aromatic carbocycles. The van der Waals surface area contributed by atoms with E-state index in [1.807, 2.05) is 0 Å². The van der Waals surface area contributed by atoms with Crippen molar-refractivity contribution in [2.24, 2.45) is 5.10 Å². The van der Waals surface area contributed by atoms with Crippen molar-refractivity contribution in [3.05, 3.63) is 30.3 Å². The van der Waals surface area contributed by atoms with Crippen LogP contribution in [0.15, 0.2) is 40.3 Å². The molecule has 0 aliphatic rings. The summed E-state index contributed by atoms with van der Waals surface area (Å²) in [5.74, 6) is 0. The van der Waals surface area contributed by atoms with Crippen molar-refractivity contribution in [2.75, 3.05) is 0 Å². The fraction of sp³-hybridized carbons (Fsp3) is 0.125. The molecule has 5 heteroatoms. The van der Waals surface area contributed by atoms with Crippen molar-refractivity contribution in [1.29, 1.82) is 0 Å². The molecule has 1 N–H and O–H groups in total. The maximum atomic E-state index is 11.4. The molecule has 1 rings (SSSR count). The van der Waals surface area contributed by atoms with Gasteiger partial charge in [0.2, 0.25) is 0 Å². The van der Waals surface area contributed by atoms with E-state index in [1.54, 1.807) is 25.1 Å². The Balaban J connectivity index is 2.95. The maximum absolute atomic E-state index is 11.4. The van der Waals surface area contributed by atoms with Crippen LogP contribution in [0, 0.1) is 0 Å². The monoisotopic (exact) mass is 198 g/mol. The van der Waals surface area contributed by atoms with Crippen LogP contribution in [0.25, 0.3) is 0 Å². The first-order chi connectivity index (χ1) is 6.17. The Morgan fingerprint density at radius 3 is 2.46 bits per heavy atom. The molecule has 0 bridgehead atoms. The van der Waals surface area contributed by atoms with Gasteiger partial charge in [0.1, 0.15) is 0 Å². The van der Waals surface area contributed by atoms with Crippen molar-refractivity contribution in [1.82, 2.24) is 4.83 Å². The lowest BCUT2D eigenvalue weighted by Gasteiger charge is -2.01. The molecule has 0 radical (unpaired) electrons. The summed E-state index contributed by atoms with van der Waals surface area (Å²) in [7, 11) is -3.47. The summed E-state index contributed by atoms with van der Waals surface area (Å²) in [5, 5.41) is 3.46. The van der Waals surface area contributed by atoms with Gasteiger partial charge in [0, 0.05) is 6.21 Å². The number of sulfonamides is 1. The number of nitrogens with one attached hydrogen (secondary N) is 1. The lowest BCUT2D eigenvalue weighted by Crippen LogP contribution is -2.17. The Morgan fingerprint density at radius 1 is 1.31 bits per heavy atom. The van der Waals surface area contributed by atoms with Crippen LogP contribution in [0.3, 0.4) is 0 Å². The van der Waals surface area contributed by atoms with E-state index in [1.165, 1.54) is 18.3 Å². The lowest BCUT2D eigenvalue weighted by atomic mass is 10.4. The highest BCUT2D eigenvalue weighted by atomic mass is 32.2. The smallest absolute Gasteiger partial charge is 0.200 e. The Bertz CT molecular complexity index is 384. The average molecular weight is 198 g/mol. The van der Waals surface area contributed by atoms with Gasteiger partial charge in [0.15, 0.2) is 0 Å². The number of rotatable bonds is 3. The first kappa shape index (κ1) is 9.73. The van der Waals surface area contributed by atoms with Crippen LogP contribution in [-0.2, 0) is 10.0 Å². The van der Waals surface area contributed by atoms with E-state index in [0.29, 0.717) is 0 Å². The molecule has 0 aliphatic heterocycles. The Labute approximate surface area is 77.3 Å². The maximum Gasteiger partial charge on any atom is 0.276 e. The Hall–Kier alpha value is -1.36. The number of hydrogen-bond acceptors (Lipinski definition) is 3. The molecule has 1 aromatic rings. The normalized spacial score (nSPS) is 11.8. The topological polar surface area (TPSA) is 58.5 Å². The number of benzene rings is 1. The van der Waals surface area contributed by atoms with Gasteiger partial charge in [-0.1, -0.05) is 18.2 Å². The molecule has 0 amide bonds. The first-order valence-corrected chi connectivity index (χ1v) is 5.19. The van der Waals surface area contributed by atoms with Gasteiger partial charge in [-0.25, -0.2) is 4.83 Å². The van der Waals surface area contributed by atoms with Crippen LogP contribution >= 0.6 is 0 Å². The largest absolute Gasteiger partial charge is 0.276 e. The van der Waals surface area contributed by atoms with Gasteiger partial charge < -0.3 is 0 Å². The molecule has 0 heterocycles. The molecule has 0 aliphatic carbocycles. The minimum Gasteiger partial charge on any atom is -0.200 e. The van der Waals surface area contributed by atoms with Crippen molar-refractivity contribution in [2.45, 2.75) is 11.8 Å². The fourth-order valence-corrected chi connectivity index (χ4v) is 1.64. The van der Waals surface area contributed by atoms with E-state index in [-0.39, 0.29) is 4.90 Å². The fourth-order valence-electron chi connectivity index (χ4n) is 0.774. The molecule has 13 heavy (non-hydrogen) atoms. The molecule has 0 spiro atoms. The summed E-state index contributed by atoms with van der Waals surface area (Å²) in [6.45, 7) is 1.63. The van der Waals surface area contributed by atoms with Gasteiger partial charge >= 0.3 is 0 Å². The molecule has 4 nitrogen and oxygen atoms in total. The van der Waals surface area contributed by atoms with Gasteiger partial charge in [0.25, 0.3) is 10.0 Å². The minimum absolute atomic E-state index is 0.209. The van der Waals surface area contributed by atoms with Crippen LogP contribution in [-0.4, -0.2) is 14.6 Å². The highest BCUT2D eigenvalue weighted by Crippen LogP contribution is 2.06. The molecular weight excluding hydrogens is 188 g/mol. The molecule has 0 unspecified atom stereocenters. The van der Waals surface area contributed by atoms with Crippen LogP contribution in [0.5, 0.6) is 0 Å². The van der Waals surface area contributed by atoms with Crippen LogP contribution in [0.4, 0.5) is 0 Å². The summed E-state index contributed by atoms with van der Waals surface area (Å²) in [6.07, 6.45) is 1.38. The van der Waals surface area contributed by atoms with Crippen molar-refractivity contribution in [3.8, 4) is 0 Å². The van der Waals surface area contributed by atoms with E-state index in [4.69, 9.17) is 0 Å². The van der Waals surface area contributed by atoms with Gasteiger partial charge in [0.05, 0.1) is 4.90 Å². The summed E-state index contributed by atoms with van der Waals surface area (Å²) in [5.41, 5.74) is 0. The highest BCUT2D eigenvalue weighted by Gasteiger charge is 2.10. The molecule has 0 fully saturated rings. The lowest BCUT2D eigenvalue weighted by molar-refractivity contribution is 0.584. The van der Waals surface area contributed by atoms with E-state index in [0.717, 1.165) is 0 Å². The summed E-state index contributed by atoms with van der Waals surface area (Å²) < 4.78 is 22.7. The van der Waals surface area contributed by atoms with E-state index < -0.39 is 10.0 Å². The van der Waals surface area contributed by atoms with Gasteiger partial charge in [-0.15, -0.1) is 0 Å². The minimum atomic E-state index is -3.47. The third-order valence-electron chi connectivity index (χ3n) is 1.36. The van der Waals surface area contributed by atoms with Crippen LogP contribution < -0.4 is 4.83 Å². The van der Waals surface area contributed by atoms with E-state index >= 15 is 0 Å². The highest BCUT2D eigenvalue weighted by molar-refractivity contribution is 7.89. The van der Waals surface area contributed by atoms with Gasteiger partial charge in [-0.2, -0.15) is 13.5 Å². The quantitative estimate of drug-likeness (QED) is 0.581. The number of hydrazone groups is 1. The number of hydrogen-bond donors (Lipinski definition) is 1. The molecular formula is C8H10N2O2S. The molecule has 0 saturated heterocycles. The zero-order valence-electron chi connectivity index (χ0n) is 7.14. The second kappa shape index (κ2) is 4.04. The standard InChI is InChI=1S/C8H10N2O2S/c1-2-9-10-13(11,12)8-6-4-3-5-7-8/h2-7,10H,1H3/b9-2+. The zero-order valence-corrected chi connectivity index (χ0v) is 7.95. The molecule has 0 aromatic heterocycles. The third-order valence-corrected chi connectivity index (χ3v) is 2.59. The Morgan fingerprint density at radius 2 is 1.92 bits per heavy atom. The first-order valence-electron chi connectivity index (χ1n) is 3.71. The summed E-state index contributed by atoms with van der Waals surface area (Å²) in [4.78, 5) is 2.28. The summed E-state index contributed by atoms with van der Waals surface area (Å²) in [6, 6.07) is 8.08. The molecule has 0 saturated carbocycles. The van der Waals surface area contributed by atoms with E-state index in [9.17, 15) is 8.42 Å². The predicted molar refractivity (Wildman–Crippen MR) is 50.9 cm³/mol. The van der Waals surface area contributed by atoms with Crippen molar-refractivity contribution in [3.63, 3.8) is 0 Å². The van der Waals surface area contributed by atoms with E-state index in [2.05, 4.69) is 9.93 Å². The average Bonchev–Trinajstić information content (AvgIpc) is 2.16. The second-order valence-corrected chi connectivity index (χ2v) is 3.96. The van der Waals surface area contributed by atoms with Crippen LogP contribution in [0.1, 0.15) is 6.92 Å².